The Balaban J connectivity index is 1.69. The van der Waals surface area contributed by atoms with Crippen LogP contribution >= 0.6 is 11.3 Å². The maximum atomic E-state index is 12.6. The van der Waals surface area contributed by atoms with Gasteiger partial charge in [-0.2, -0.15) is 4.31 Å². The highest BCUT2D eigenvalue weighted by molar-refractivity contribution is 7.91. The van der Waals surface area contributed by atoms with E-state index >= 15 is 0 Å². The van der Waals surface area contributed by atoms with Gasteiger partial charge in [-0.25, -0.2) is 8.42 Å². The Morgan fingerprint density at radius 2 is 2.04 bits per heavy atom. The third-order valence-corrected chi connectivity index (χ3v) is 6.97. The molecule has 1 aromatic heterocycles. The van der Waals surface area contributed by atoms with Crippen LogP contribution in [0.1, 0.15) is 5.56 Å². The summed E-state index contributed by atoms with van der Waals surface area (Å²) >= 11 is 1.17. The molecule has 0 radical (unpaired) electrons. The molecule has 24 heavy (non-hydrogen) atoms. The lowest BCUT2D eigenvalue weighted by Gasteiger charge is -2.31. The smallest absolute Gasteiger partial charge is 0.254 e. The maximum absolute atomic E-state index is 12.6. The molecule has 1 aliphatic heterocycles. The van der Waals surface area contributed by atoms with Crippen LogP contribution in [0.25, 0.3) is 0 Å². The molecule has 3 rings (SSSR count). The summed E-state index contributed by atoms with van der Waals surface area (Å²) in [5, 5.41) is 4.48. The largest absolute Gasteiger partial charge is 0.366 e. The van der Waals surface area contributed by atoms with Gasteiger partial charge in [0, 0.05) is 18.8 Å². The number of nitrogens with zero attached hydrogens (tertiary/aromatic N) is 1. The fourth-order valence-electron chi connectivity index (χ4n) is 2.40. The summed E-state index contributed by atoms with van der Waals surface area (Å²) in [5.41, 5.74) is 1.75. The molecule has 1 atom stereocenters. The molecule has 0 saturated carbocycles. The second-order valence-electron chi connectivity index (χ2n) is 5.51. The second kappa shape index (κ2) is 7.02. The minimum atomic E-state index is -3.57. The highest BCUT2D eigenvalue weighted by Gasteiger charge is 2.34. The van der Waals surface area contributed by atoms with Crippen molar-refractivity contribution in [3.63, 3.8) is 0 Å². The fraction of sp³-hybridized carbons (Fsp3) is 0.312. The zero-order valence-electron chi connectivity index (χ0n) is 13.1. The molecule has 1 aromatic carbocycles. The molecule has 8 heteroatoms. The van der Waals surface area contributed by atoms with Crippen molar-refractivity contribution in [3.05, 3.63) is 47.3 Å². The highest BCUT2D eigenvalue weighted by atomic mass is 32.2. The number of benzene rings is 1. The average Bonchev–Trinajstić information content (AvgIpc) is 3.12. The molecule has 1 amide bonds. The van der Waals surface area contributed by atoms with Crippen LogP contribution in [0.5, 0.6) is 0 Å². The molecule has 6 nitrogen and oxygen atoms in total. The number of morpholine rings is 1. The van der Waals surface area contributed by atoms with E-state index in [-0.39, 0.29) is 29.8 Å². The van der Waals surface area contributed by atoms with Gasteiger partial charge in [-0.1, -0.05) is 23.8 Å². The summed E-state index contributed by atoms with van der Waals surface area (Å²) in [6.07, 6.45) is -0.824. The summed E-state index contributed by atoms with van der Waals surface area (Å²) < 4.78 is 32.2. The number of hydrogen-bond acceptors (Lipinski definition) is 5. The normalized spacial score (nSPS) is 19.1. The number of hydrogen-bond donors (Lipinski definition) is 1. The molecule has 2 aromatic rings. The number of thiophene rings is 1. The number of amides is 1. The first-order valence-electron chi connectivity index (χ1n) is 7.49. The first-order chi connectivity index (χ1) is 11.5. The quantitative estimate of drug-likeness (QED) is 0.899. The van der Waals surface area contributed by atoms with Gasteiger partial charge < -0.3 is 10.1 Å². The molecule has 0 spiro atoms. The third kappa shape index (κ3) is 3.67. The molecular weight excluding hydrogens is 348 g/mol. The van der Waals surface area contributed by atoms with Crippen molar-refractivity contribution in [1.29, 1.82) is 0 Å². The lowest BCUT2D eigenvalue weighted by molar-refractivity contribution is -0.130. The predicted octanol–water partition coefficient (Wildman–Crippen LogP) is 2.08. The minimum Gasteiger partial charge on any atom is -0.366 e. The van der Waals surface area contributed by atoms with Crippen molar-refractivity contribution in [2.75, 3.05) is 25.0 Å². The molecule has 1 fully saturated rings. The van der Waals surface area contributed by atoms with Gasteiger partial charge in [0.25, 0.3) is 15.9 Å². The number of sulfonamides is 1. The fourth-order valence-corrected chi connectivity index (χ4v) is 4.97. The number of nitrogens with one attached hydrogen (secondary N) is 1. The maximum Gasteiger partial charge on any atom is 0.254 e. The molecule has 1 N–H and O–H groups in total. The predicted molar refractivity (Wildman–Crippen MR) is 92.6 cm³/mol. The van der Waals surface area contributed by atoms with E-state index in [0.29, 0.717) is 5.69 Å². The number of aryl methyl sites for hydroxylation is 1. The van der Waals surface area contributed by atoms with Crippen molar-refractivity contribution < 1.29 is 17.9 Å². The number of carbonyl (C=O) groups is 1. The lowest BCUT2D eigenvalue weighted by atomic mass is 10.2. The van der Waals surface area contributed by atoms with Crippen LogP contribution in [0.3, 0.4) is 0 Å². The molecule has 128 valence electrons. The van der Waals surface area contributed by atoms with Crippen LogP contribution in [0, 0.1) is 6.92 Å². The van der Waals surface area contributed by atoms with Crippen LogP contribution in [0.2, 0.25) is 0 Å². The van der Waals surface area contributed by atoms with Crippen molar-refractivity contribution in [3.8, 4) is 0 Å². The first-order valence-corrected chi connectivity index (χ1v) is 9.81. The number of ether oxygens (including phenoxy) is 1. The van der Waals surface area contributed by atoms with Crippen LogP contribution in [0.15, 0.2) is 46.0 Å². The summed E-state index contributed by atoms with van der Waals surface area (Å²) in [7, 11) is -3.57. The van der Waals surface area contributed by atoms with Crippen LogP contribution in [-0.4, -0.2) is 44.4 Å². The molecule has 0 aliphatic carbocycles. The lowest BCUT2D eigenvalue weighted by Crippen LogP contribution is -2.49. The standard InChI is InChI=1S/C16H18N2O4S2/c1-12-4-6-13(7-5-12)17-16(19)14-11-18(8-9-22-14)24(20,21)15-3-2-10-23-15/h2-7,10,14H,8-9,11H2,1H3,(H,17,19). The Morgan fingerprint density at radius 1 is 1.29 bits per heavy atom. The summed E-state index contributed by atoms with van der Waals surface area (Å²) in [6.45, 7) is 2.41. The van der Waals surface area contributed by atoms with Gasteiger partial charge in [0.15, 0.2) is 0 Å². The second-order valence-corrected chi connectivity index (χ2v) is 8.62. The van der Waals surface area contributed by atoms with Crippen LogP contribution in [0.4, 0.5) is 5.69 Å². The molecule has 0 bridgehead atoms. The zero-order valence-corrected chi connectivity index (χ0v) is 14.8. The topological polar surface area (TPSA) is 75.7 Å². The van der Waals surface area contributed by atoms with Gasteiger partial charge in [-0.3, -0.25) is 4.79 Å². The molecule has 1 unspecified atom stereocenters. The Morgan fingerprint density at radius 3 is 2.71 bits per heavy atom. The molecule has 1 saturated heterocycles. The van der Waals surface area contributed by atoms with E-state index in [9.17, 15) is 13.2 Å². The third-order valence-electron chi connectivity index (χ3n) is 3.73. The summed E-state index contributed by atoms with van der Waals surface area (Å²) in [4.78, 5) is 12.4. The molecule has 2 heterocycles. The zero-order chi connectivity index (χ0) is 17.2. The van der Waals surface area contributed by atoms with Crippen molar-refractivity contribution >= 4 is 33.0 Å². The Labute approximate surface area is 145 Å². The van der Waals surface area contributed by atoms with Crippen LogP contribution in [-0.2, 0) is 19.6 Å². The van der Waals surface area contributed by atoms with E-state index < -0.39 is 16.1 Å². The Bertz CT molecular complexity index is 801. The van der Waals surface area contributed by atoms with Gasteiger partial charge in [-0.05, 0) is 30.5 Å². The summed E-state index contributed by atoms with van der Waals surface area (Å²) in [5.74, 6) is -0.343. The molecular formula is C16H18N2O4S2. The number of carbonyl (C=O) groups excluding carboxylic acids is 1. The Hall–Kier alpha value is -1.74. The van der Waals surface area contributed by atoms with E-state index in [2.05, 4.69) is 5.32 Å². The van der Waals surface area contributed by atoms with Gasteiger partial charge in [0.2, 0.25) is 0 Å². The SMILES string of the molecule is Cc1ccc(NC(=O)C2CN(S(=O)(=O)c3cccs3)CCO2)cc1. The monoisotopic (exact) mass is 366 g/mol. The van der Waals surface area contributed by atoms with Crippen molar-refractivity contribution in [2.45, 2.75) is 17.2 Å². The van der Waals surface area contributed by atoms with E-state index in [1.165, 1.54) is 15.6 Å². The number of rotatable bonds is 4. The van der Waals surface area contributed by atoms with E-state index in [4.69, 9.17) is 4.74 Å². The number of anilines is 1. The van der Waals surface area contributed by atoms with Gasteiger partial charge in [-0.15, -0.1) is 11.3 Å². The van der Waals surface area contributed by atoms with E-state index in [0.717, 1.165) is 5.56 Å². The van der Waals surface area contributed by atoms with E-state index in [1.807, 2.05) is 19.1 Å². The van der Waals surface area contributed by atoms with Gasteiger partial charge >= 0.3 is 0 Å². The van der Waals surface area contributed by atoms with Gasteiger partial charge in [0.1, 0.15) is 10.3 Å². The average molecular weight is 366 g/mol. The minimum absolute atomic E-state index is 0.0118. The highest BCUT2D eigenvalue weighted by Crippen LogP contribution is 2.23. The van der Waals surface area contributed by atoms with Crippen LogP contribution < -0.4 is 5.32 Å². The summed E-state index contributed by atoms with van der Waals surface area (Å²) in [6, 6.07) is 10.7. The Kier molecular flexibility index (Phi) is 5.00. The van der Waals surface area contributed by atoms with Crippen molar-refractivity contribution in [2.24, 2.45) is 0 Å². The first kappa shape index (κ1) is 17.1. The van der Waals surface area contributed by atoms with Gasteiger partial charge in [0.05, 0.1) is 6.61 Å². The molecule has 1 aliphatic rings. The van der Waals surface area contributed by atoms with Crippen molar-refractivity contribution in [1.82, 2.24) is 4.31 Å². The van der Waals surface area contributed by atoms with E-state index in [1.54, 1.807) is 29.6 Å².